The van der Waals surface area contributed by atoms with Crippen LogP contribution in [-0.4, -0.2) is 36.6 Å². The highest BCUT2D eigenvalue weighted by atomic mass is 16.5. The van der Waals surface area contributed by atoms with Gasteiger partial charge in [0, 0.05) is 18.5 Å². The van der Waals surface area contributed by atoms with E-state index in [1.165, 1.54) is 5.56 Å². The molecule has 178 valence electrons. The summed E-state index contributed by atoms with van der Waals surface area (Å²) in [6, 6.07) is 17.6. The topological polar surface area (TPSA) is 108 Å². The van der Waals surface area contributed by atoms with Crippen molar-refractivity contribution >= 4 is 23.2 Å². The molecule has 1 saturated heterocycles. The zero-order valence-electron chi connectivity index (χ0n) is 19.4. The molecule has 2 heterocycles. The fourth-order valence-electron chi connectivity index (χ4n) is 4.00. The number of hydrogen-bond acceptors (Lipinski definition) is 6. The van der Waals surface area contributed by atoms with Gasteiger partial charge in [0.15, 0.2) is 5.69 Å². The lowest BCUT2D eigenvalue weighted by Gasteiger charge is -2.22. The van der Waals surface area contributed by atoms with Crippen molar-refractivity contribution in [2.45, 2.75) is 32.7 Å². The van der Waals surface area contributed by atoms with Gasteiger partial charge in [-0.05, 0) is 69.1 Å². The van der Waals surface area contributed by atoms with Crippen molar-refractivity contribution in [1.29, 1.82) is 0 Å². The second-order valence-electron chi connectivity index (χ2n) is 8.58. The molecule has 34 heavy (non-hydrogen) atoms. The lowest BCUT2D eigenvalue weighted by atomic mass is 9.97. The minimum absolute atomic E-state index is 0.0250. The molecule has 0 bridgehead atoms. The van der Waals surface area contributed by atoms with E-state index in [4.69, 9.17) is 4.52 Å². The maximum atomic E-state index is 12.8. The molecule has 1 fully saturated rings. The highest BCUT2D eigenvalue weighted by molar-refractivity contribution is 6.06. The lowest BCUT2D eigenvalue weighted by molar-refractivity contribution is -0.120. The summed E-state index contributed by atoms with van der Waals surface area (Å²) in [5.41, 5.74) is 3.58. The predicted molar refractivity (Wildman–Crippen MR) is 132 cm³/mol. The highest BCUT2D eigenvalue weighted by Crippen LogP contribution is 2.26. The van der Waals surface area contributed by atoms with Crippen molar-refractivity contribution in [3.05, 3.63) is 77.2 Å². The van der Waals surface area contributed by atoms with Crippen LogP contribution >= 0.6 is 0 Å². The number of nitrogens with one attached hydrogen (secondary N) is 4. The van der Waals surface area contributed by atoms with Crippen LogP contribution < -0.4 is 21.3 Å². The molecule has 4 N–H and O–H groups in total. The number of amides is 2. The minimum Gasteiger partial charge on any atom is -0.361 e. The third-order valence-corrected chi connectivity index (χ3v) is 5.92. The summed E-state index contributed by atoms with van der Waals surface area (Å²) in [5, 5.41) is 16.4. The van der Waals surface area contributed by atoms with Gasteiger partial charge in [0.2, 0.25) is 5.91 Å². The third kappa shape index (κ3) is 6.52. The summed E-state index contributed by atoms with van der Waals surface area (Å²) in [6.45, 7) is 4.87. The van der Waals surface area contributed by atoms with Gasteiger partial charge in [-0.15, -0.1) is 0 Å². The average molecular weight is 462 g/mol. The number of rotatable bonds is 9. The number of anilines is 2. The summed E-state index contributed by atoms with van der Waals surface area (Å²) in [4.78, 5) is 25.5. The summed E-state index contributed by atoms with van der Waals surface area (Å²) in [6.07, 6.45) is 2.53. The number of nitrogens with zero attached hydrogens (tertiary/aromatic N) is 1. The summed E-state index contributed by atoms with van der Waals surface area (Å²) < 4.78 is 5.03. The van der Waals surface area contributed by atoms with Gasteiger partial charge >= 0.3 is 0 Å². The van der Waals surface area contributed by atoms with Crippen LogP contribution in [0.3, 0.4) is 0 Å². The normalized spacial score (nSPS) is 14.0. The van der Waals surface area contributed by atoms with Gasteiger partial charge in [-0.3, -0.25) is 9.59 Å². The number of hydrogen-bond donors (Lipinski definition) is 4. The van der Waals surface area contributed by atoms with Crippen LogP contribution in [0.4, 0.5) is 11.4 Å². The summed E-state index contributed by atoms with van der Waals surface area (Å²) >= 11 is 0. The van der Waals surface area contributed by atoms with Crippen LogP contribution in [-0.2, 0) is 17.8 Å². The Hall–Kier alpha value is -3.49. The SMILES string of the molecule is Cc1cc(C(=O)Nc2cc(CNCCc3ccccc3)ccc2NC(=O)C2CCNCC2)no1. The van der Waals surface area contributed by atoms with E-state index < -0.39 is 0 Å². The number of carbonyl (C=O) groups excluding carboxylic acids is 2. The number of aryl methyl sites for hydroxylation is 1. The van der Waals surface area contributed by atoms with Gasteiger partial charge < -0.3 is 25.8 Å². The first-order chi connectivity index (χ1) is 16.6. The van der Waals surface area contributed by atoms with Crippen molar-refractivity contribution in [3.63, 3.8) is 0 Å². The molecular formula is C26H31N5O3. The van der Waals surface area contributed by atoms with Crippen LogP contribution in [0.1, 0.15) is 40.2 Å². The van der Waals surface area contributed by atoms with Crippen molar-refractivity contribution in [2.75, 3.05) is 30.3 Å². The lowest BCUT2D eigenvalue weighted by Crippen LogP contribution is -2.34. The first kappa shape index (κ1) is 23.7. The van der Waals surface area contributed by atoms with Gasteiger partial charge in [0.25, 0.3) is 5.91 Å². The molecule has 0 spiro atoms. The molecule has 2 amide bonds. The average Bonchev–Trinajstić information content (AvgIpc) is 3.31. The van der Waals surface area contributed by atoms with Crippen LogP contribution in [0, 0.1) is 12.8 Å². The molecule has 3 aromatic rings. The van der Waals surface area contributed by atoms with Crippen LogP contribution in [0.2, 0.25) is 0 Å². The van der Waals surface area contributed by atoms with Crippen molar-refractivity contribution in [2.24, 2.45) is 5.92 Å². The van der Waals surface area contributed by atoms with E-state index in [1.54, 1.807) is 13.0 Å². The summed E-state index contributed by atoms with van der Waals surface area (Å²) in [7, 11) is 0. The molecule has 8 nitrogen and oxygen atoms in total. The molecule has 0 aliphatic carbocycles. The van der Waals surface area contributed by atoms with Crippen LogP contribution in [0.15, 0.2) is 59.1 Å². The fraction of sp³-hybridized carbons (Fsp3) is 0.346. The maximum absolute atomic E-state index is 12.8. The van der Waals surface area contributed by atoms with Gasteiger partial charge in [-0.2, -0.15) is 0 Å². The molecule has 0 saturated carbocycles. The van der Waals surface area contributed by atoms with Crippen molar-refractivity contribution in [3.8, 4) is 0 Å². The van der Waals surface area contributed by atoms with E-state index in [0.29, 0.717) is 23.7 Å². The minimum atomic E-state index is -0.386. The molecule has 0 atom stereocenters. The first-order valence-electron chi connectivity index (χ1n) is 11.7. The number of carbonyl (C=O) groups is 2. The number of aromatic nitrogens is 1. The Morgan fingerprint density at radius 3 is 2.53 bits per heavy atom. The second kappa shape index (κ2) is 11.6. The van der Waals surface area contributed by atoms with Gasteiger partial charge in [-0.25, -0.2) is 0 Å². The van der Waals surface area contributed by atoms with E-state index in [0.717, 1.165) is 44.5 Å². The largest absolute Gasteiger partial charge is 0.361 e. The molecule has 1 aromatic heterocycles. The molecular weight excluding hydrogens is 430 g/mol. The maximum Gasteiger partial charge on any atom is 0.277 e. The van der Waals surface area contributed by atoms with Crippen molar-refractivity contribution in [1.82, 2.24) is 15.8 Å². The molecule has 2 aromatic carbocycles. The molecule has 1 aliphatic heterocycles. The molecule has 0 radical (unpaired) electrons. The van der Waals surface area contributed by atoms with Crippen LogP contribution in [0.25, 0.3) is 0 Å². The van der Waals surface area contributed by atoms with Gasteiger partial charge in [0.1, 0.15) is 5.76 Å². The monoisotopic (exact) mass is 461 g/mol. The standard InChI is InChI=1S/C26H31N5O3/c1-18-15-24(31-34-18)26(33)30-23-16-20(17-28-12-9-19-5-3-2-4-6-19)7-8-22(23)29-25(32)21-10-13-27-14-11-21/h2-8,15-16,21,27-28H,9-14,17H2,1H3,(H,29,32)(H,30,33). The Labute approximate surface area is 199 Å². The Morgan fingerprint density at radius 2 is 1.79 bits per heavy atom. The predicted octanol–water partition coefficient (Wildman–Crippen LogP) is 3.51. The van der Waals surface area contributed by atoms with Gasteiger partial charge in [-0.1, -0.05) is 41.6 Å². The van der Waals surface area contributed by atoms with E-state index in [-0.39, 0.29) is 23.4 Å². The fourth-order valence-corrected chi connectivity index (χ4v) is 4.00. The Bertz CT molecular complexity index is 1110. The smallest absolute Gasteiger partial charge is 0.277 e. The van der Waals surface area contributed by atoms with E-state index >= 15 is 0 Å². The molecule has 1 aliphatic rings. The Balaban J connectivity index is 1.44. The van der Waals surface area contributed by atoms with E-state index in [9.17, 15) is 9.59 Å². The zero-order valence-corrected chi connectivity index (χ0v) is 19.4. The number of benzene rings is 2. The highest BCUT2D eigenvalue weighted by Gasteiger charge is 2.22. The molecule has 4 rings (SSSR count). The van der Waals surface area contributed by atoms with Gasteiger partial charge in [0.05, 0.1) is 11.4 Å². The van der Waals surface area contributed by atoms with E-state index in [2.05, 4.69) is 38.6 Å². The van der Waals surface area contributed by atoms with Crippen molar-refractivity contribution < 1.29 is 14.1 Å². The summed E-state index contributed by atoms with van der Waals surface area (Å²) in [5.74, 6) is 0.106. The Kier molecular flexibility index (Phi) is 8.06. The zero-order chi connectivity index (χ0) is 23.8. The third-order valence-electron chi connectivity index (χ3n) is 5.92. The Morgan fingerprint density at radius 1 is 1.00 bits per heavy atom. The second-order valence-corrected chi connectivity index (χ2v) is 8.58. The molecule has 0 unspecified atom stereocenters. The number of piperidine rings is 1. The van der Waals surface area contributed by atoms with Crippen LogP contribution in [0.5, 0.6) is 0 Å². The first-order valence-corrected chi connectivity index (χ1v) is 11.7. The molecule has 8 heteroatoms. The van der Waals surface area contributed by atoms with E-state index in [1.807, 2.05) is 36.4 Å². The quantitative estimate of drug-likeness (QED) is 0.363.